The highest BCUT2D eigenvalue weighted by atomic mass is 19.3. The number of nitrogens with one attached hydrogen (secondary N) is 1. The van der Waals surface area contributed by atoms with E-state index in [0.29, 0.717) is 12.8 Å². The molecule has 0 aromatic rings. The summed E-state index contributed by atoms with van der Waals surface area (Å²) >= 11 is 0. The van der Waals surface area contributed by atoms with Crippen LogP contribution in [-0.4, -0.2) is 43.4 Å². The molecule has 0 unspecified atom stereocenters. The van der Waals surface area contributed by atoms with E-state index in [1.54, 1.807) is 7.05 Å². The summed E-state index contributed by atoms with van der Waals surface area (Å²) in [5.41, 5.74) is 0. The maximum absolute atomic E-state index is 12.9. The minimum atomic E-state index is -2.50. The second kappa shape index (κ2) is 4.88. The number of halogens is 2. The molecule has 5 heteroatoms. The van der Waals surface area contributed by atoms with Crippen molar-refractivity contribution in [1.29, 1.82) is 0 Å². The highest BCUT2D eigenvalue weighted by Gasteiger charge is 2.36. The molecule has 0 heterocycles. The lowest BCUT2D eigenvalue weighted by molar-refractivity contribution is -0.122. The van der Waals surface area contributed by atoms with Gasteiger partial charge in [-0.25, -0.2) is 8.78 Å². The van der Waals surface area contributed by atoms with Gasteiger partial charge in [0, 0.05) is 25.9 Å². The van der Waals surface area contributed by atoms with Crippen molar-refractivity contribution in [2.24, 2.45) is 0 Å². The molecule has 3 nitrogen and oxygen atoms in total. The average molecular weight is 220 g/mol. The Bertz CT molecular complexity index is 223. The zero-order valence-electron chi connectivity index (χ0n) is 9.22. The van der Waals surface area contributed by atoms with Gasteiger partial charge in [-0.2, -0.15) is 0 Å². The SMILES string of the molecule is CNC(=O)CN(C)C1CCC(F)(F)CC1. The van der Waals surface area contributed by atoms with Crippen molar-refractivity contribution in [3.05, 3.63) is 0 Å². The molecular formula is C10H18F2N2O. The van der Waals surface area contributed by atoms with Crippen molar-refractivity contribution in [1.82, 2.24) is 10.2 Å². The Morgan fingerprint density at radius 3 is 2.47 bits per heavy atom. The molecule has 0 radical (unpaired) electrons. The number of carbonyl (C=O) groups excluding carboxylic acids is 1. The van der Waals surface area contributed by atoms with E-state index >= 15 is 0 Å². The highest BCUT2D eigenvalue weighted by molar-refractivity contribution is 5.77. The summed E-state index contributed by atoms with van der Waals surface area (Å²) in [6.45, 7) is 0.284. The number of hydrogen-bond donors (Lipinski definition) is 1. The maximum Gasteiger partial charge on any atom is 0.248 e. The van der Waals surface area contributed by atoms with Gasteiger partial charge in [-0.05, 0) is 19.9 Å². The molecule has 1 saturated carbocycles. The zero-order valence-corrected chi connectivity index (χ0v) is 9.22. The zero-order chi connectivity index (χ0) is 11.5. The number of likely N-dealkylation sites (N-methyl/N-ethyl adjacent to an activating group) is 2. The molecule has 1 rings (SSSR count). The summed E-state index contributed by atoms with van der Waals surface area (Å²) in [6, 6.07) is 0.113. The molecule has 1 aliphatic rings. The largest absolute Gasteiger partial charge is 0.358 e. The van der Waals surface area contributed by atoms with Crippen molar-refractivity contribution in [2.75, 3.05) is 20.6 Å². The van der Waals surface area contributed by atoms with Crippen LogP contribution in [0.2, 0.25) is 0 Å². The molecule has 0 atom stereocenters. The van der Waals surface area contributed by atoms with Gasteiger partial charge in [0.05, 0.1) is 6.54 Å². The molecule has 0 saturated heterocycles. The predicted molar refractivity (Wildman–Crippen MR) is 53.9 cm³/mol. The van der Waals surface area contributed by atoms with Gasteiger partial charge in [-0.15, -0.1) is 0 Å². The van der Waals surface area contributed by atoms with Gasteiger partial charge in [-0.1, -0.05) is 0 Å². The lowest BCUT2D eigenvalue weighted by Crippen LogP contribution is -2.43. The first-order chi connectivity index (χ1) is 6.94. The van der Waals surface area contributed by atoms with Crippen molar-refractivity contribution >= 4 is 5.91 Å². The van der Waals surface area contributed by atoms with Gasteiger partial charge in [-0.3, -0.25) is 9.69 Å². The van der Waals surface area contributed by atoms with Crippen LogP contribution < -0.4 is 5.32 Å². The molecule has 88 valence electrons. The number of alkyl halides is 2. The topological polar surface area (TPSA) is 32.3 Å². The van der Waals surface area contributed by atoms with Gasteiger partial charge >= 0.3 is 0 Å². The molecule has 1 aliphatic carbocycles. The van der Waals surface area contributed by atoms with Crippen LogP contribution in [-0.2, 0) is 4.79 Å². The van der Waals surface area contributed by atoms with Gasteiger partial charge in [0.15, 0.2) is 0 Å². The summed E-state index contributed by atoms with van der Waals surface area (Å²) in [5, 5.41) is 2.52. The summed E-state index contributed by atoms with van der Waals surface area (Å²) < 4.78 is 25.7. The summed E-state index contributed by atoms with van der Waals surface area (Å²) in [7, 11) is 3.38. The van der Waals surface area contributed by atoms with Gasteiger partial charge < -0.3 is 5.32 Å². The standard InChI is InChI=1S/C10H18F2N2O/c1-13-9(15)7-14(2)8-3-5-10(11,12)6-4-8/h8H,3-7H2,1-2H3,(H,13,15). The lowest BCUT2D eigenvalue weighted by Gasteiger charge is -2.34. The molecule has 15 heavy (non-hydrogen) atoms. The number of amides is 1. The van der Waals surface area contributed by atoms with E-state index in [4.69, 9.17) is 0 Å². The van der Waals surface area contributed by atoms with Crippen LogP contribution >= 0.6 is 0 Å². The molecule has 1 fully saturated rings. The fourth-order valence-electron chi connectivity index (χ4n) is 1.90. The smallest absolute Gasteiger partial charge is 0.248 e. The Balaban J connectivity index is 2.36. The van der Waals surface area contributed by atoms with E-state index < -0.39 is 5.92 Å². The third-order valence-corrected chi connectivity index (χ3v) is 2.98. The second-order valence-corrected chi connectivity index (χ2v) is 4.18. The summed E-state index contributed by atoms with van der Waals surface area (Å²) in [4.78, 5) is 12.9. The Kier molecular flexibility index (Phi) is 4.02. The number of rotatable bonds is 3. The van der Waals surface area contributed by atoms with Gasteiger partial charge in [0.25, 0.3) is 0 Å². The van der Waals surface area contributed by atoms with Crippen molar-refractivity contribution < 1.29 is 13.6 Å². The van der Waals surface area contributed by atoms with Gasteiger partial charge in [0.1, 0.15) is 0 Å². The molecule has 0 aromatic carbocycles. The van der Waals surface area contributed by atoms with Crippen LogP contribution in [0.1, 0.15) is 25.7 Å². The normalized spacial score (nSPS) is 21.7. The Hall–Kier alpha value is -0.710. The first kappa shape index (κ1) is 12.4. The minimum Gasteiger partial charge on any atom is -0.358 e. The van der Waals surface area contributed by atoms with Crippen LogP contribution in [0.4, 0.5) is 8.78 Å². The quantitative estimate of drug-likeness (QED) is 0.776. The van der Waals surface area contributed by atoms with E-state index in [0.717, 1.165) is 0 Å². The number of nitrogens with zero attached hydrogens (tertiary/aromatic N) is 1. The number of hydrogen-bond acceptors (Lipinski definition) is 2. The molecule has 0 aliphatic heterocycles. The second-order valence-electron chi connectivity index (χ2n) is 4.18. The van der Waals surface area contributed by atoms with E-state index in [1.165, 1.54) is 0 Å². The Morgan fingerprint density at radius 2 is 2.00 bits per heavy atom. The van der Waals surface area contributed by atoms with E-state index in [1.807, 2.05) is 11.9 Å². The highest BCUT2D eigenvalue weighted by Crippen LogP contribution is 2.34. The van der Waals surface area contributed by atoms with Crippen LogP contribution in [0.25, 0.3) is 0 Å². The number of carbonyl (C=O) groups is 1. The lowest BCUT2D eigenvalue weighted by atomic mass is 9.91. The third kappa shape index (κ3) is 3.74. The molecule has 1 N–H and O–H groups in total. The molecule has 0 aromatic heterocycles. The van der Waals surface area contributed by atoms with Crippen LogP contribution in [0, 0.1) is 0 Å². The van der Waals surface area contributed by atoms with Crippen molar-refractivity contribution in [2.45, 2.75) is 37.6 Å². The van der Waals surface area contributed by atoms with E-state index in [2.05, 4.69) is 5.32 Å². The average Bonchev–Trinajstić information content (AvgIpc) is 2.17. The molecular weight excluding hydrogens is 202 g/mol. The van der Waals surface area contributed by atoms with Crippen molar-refractivity contribution in [3.8, 4) is 0 Å². The molecule has 1 amide bonds. The molecule has 0 spiro atoms. The molecule has 0 bridgehead atoms. The van der Waals surface area contributed by atoms with Gasteiger partial charge in [0.2, 0.25) is 11.8 Å². The fourth-order valence-corrected chi connectivity index (χ4v) is 1.90. The first-order valence-corrected chi connectivity index (χ1v) is 5.23. The Labute approximate surface area is 88.8 Å². The fraction of sp³-hybridized carbons (Fsp3) is 0.900. The summed E-state index contributed by atoms with van der Waals surface area (Å²) in [6.07, 6.45) is 0.826. The van der Waals surface area contributed by atoms with Crippen LogP contribution in [0.5, 0.6) is 0 Å². The van der Waals surface area contributed by atoms with Crippen molar-refractivity contribution in [3.63, 3.8) is 0 Å². The van der Waals surface area contributed by atoms with E-state index in [-0.39, 0.29) is 31.3 Å². The first-order valence-electron chi connectivity index (χ1n) is 5.23. The maximum atomic E-state index is 12.9. The summed E-state index contributed by atoms with van der Waals surface area (Å²) in [5.74, 6) is -2.57. The minimum absolute atomic E-state index is 0.0598. The Morgan fingerprint density at radius 1 is 1.47 bits per heavy atom. The van der Waals surface area contributed by atoms with Crippen LogP contribution in [0.15, 0.2) is 0 Å². The van der Waals surface area contributed by atoms with Crippen LogP contribution in [0.3, 0.4) is 0 Å². The third-order valence-electron chi connectivity index (χ3n) is 2.98. The van der Waals surface area contributed by atoms with E-state index in [9.17, 15) is 13.6 Å². The monoisotopic (exact) mass is 220 g/mol. The predicted octanol–water partition coefficient (Wildman–Crippen LogP) is 1.24.